The van der Waals surface area contributed by atoms with Crippen molar-refractivity contribution in [3.05, 3.63) is 35.4 Å². The Labute approximate surface area is 152 Å². The van der Waals surface area contributed by atoms with Crippen LogP contribution in [0.1, 0.15) is 32.4 Å². The lowest BCUT2D eigenvalue weighted by Crippen LogP contribution is -2.44. The van der Waals surface area contributed by atoms with Gasteiger partial charge in [-0.3, -0.25) is 4.99 Å². The zero-order valence-electron chi connectivity index (χ0n) is 13.5. The molecule has 0 spiro atoms. The van der Waals surface area contributed by atoms with Gasteiger partial charge in [-0.1, -0.05) is 6.07 Å². The normalized spacial score (nSPS) is 13.3. The first kappa shape index (κ1) is 21.4. The smallest absolute Gasteiger partial charge is 0.191 e. The van der Waals surface area contributed by atoms with E-state index in [0.717, 1.165) is 12.6 Å². The highest BCUT2D eigenvalue weighted by molar-refractivity contribution is 14.0. The van der Waals surface area contributed by atoms with Gasteiger partial charge in [0.2, 0.25) is 0 Å². The van der Waals surface area contributed by atoms with Gasteiger partial charge in [-0.05, 0) is 44.7 Å². The maximum Gasteiger partial charge on any atom is 0.191 e. The van der Waals surface area contributed by atoms with Crippen LogP contribution in [0, 0.1) is 11.6 Å². The van der Waals surface area contributed by atoms with Crippen molar-refractivity contribution >= 4 is 41.7 Å². The van der Waals surface area contributed by atoms with E-state index in [-0.39, 0.29) is 34.8 Å². The molecular formula is C15H24F2IN3S. The van der Waals surface area contributed by atoms with Crippen molar-refractivity contribution in [2.45, 2.75) is 31.6 Å². The highest BCUT2D eigenvalue weighted by atomic mass is 127. The molecule has 1 unspecified atom stereocenters. The molecule has 0 aliphatic heterocycles. The van der Waals surface area contributed by atoms with Crippen molar-refractivity contribution in [3.8, 4) is 0 Å². The number of nitrogens with one attached hydrogen (secondary N) is 2. The third-order valence-electron chi connectivity index (χ3n) is 3.25. The highest BCUT2D eigenvalue weighted by Gasteiger charge is 2.17. The standard InChI is InChI=1S/C15H23F2N3S.HI/c1-10(11-6-7-12(16)13(17)8-11)20-14(18-4)19-9-15(2,3)21-5;/h6-8,10H,9H2,1-5H3,(H2,18,19,20);1H. The van der Waals surface area contributed by atoms with Gasteiger partial charge in [-0.15, -0.1) is 24.0 Å². The summed E-state index contributed by atoms with van der Waals surface area (Å²) in [5, 5.41) is 6.40. The van der Waals surface area contributed by atoms with Gasteiger partial charge in [0, 0.05) is 18.3 Å². The summed E-state index contributed by atoms with van der Waals surface area (Å²) in [4.78, 5) is 4.15. The van der Waals surface area contributed by atoms with Crippen LogP contribution in [0.3, 0.4) is 0 Å². The molecule has 1 atom stereocenters. The van der Waals surface area contributed by atoms with E-state index in [2.05, 4.69) is 35.7 Å². The zero-order chi connectivity index (χ0) is 16.0. The molecule has 22 heavy (non-hydrogen) atoms. The second kappa shape index (κ2) is 9.54. The maximum atomic E-state index is 13.3. The van der Waals surface area contributed by atoms with Crippen molar-refractivity contribution in [1.29, 1.82) is 0 Å². The molecule has 7 heteroatoms. The summed E-state index contributed by atoms with van der Waals surface area (Å²) >= 11 is 1.76. The molecule has 126 valence electrons. The van der Waals surface area contributed by atoms with Crippen molar-refractivity contribution < 1.29 is 8.78 Å². The number of halogens is 3. The quantitative estimate of drug-likeness (QED) is 0.411. The molecular weight excluding hydrogens is 419 g/mol. The van der Waals surface area contributed by atoms with Gasteiger partial charge in [0.1, 0.15) is 0 Å². The van der Waals surface area contributed by atoms with Gasteiger partial charge < -0.3 is 10.6 Å². The minimum absolute atomic E-state index is 0. The number of rotatable bonds is 5. The number of thioether (sulfide) groups is 1. The second-order valence-corrected chi connectivity index (χ2v) is 6.94. The second-order valence-electron chi connectivity index (χ2n) is 5.43. The molecule has 1 aromatic carbocycles. The predicted octanol–water partition coefficient (Wildman–Crippen LogP) is 3.95. The van der Waals surface area contributed by atoms with E-state index in [1.807, 2.05) is 6.92 Å². The molecule has 0 aliphatic rings. The van der Waals surface area contributed by atoms with E-state index in [9.17, 15) is 8.78 Å². The van der Waals surface area contributed by atoms with Crippen LogP contribution in [0.4, 0.5) is 8.78 Å². The molecule has 0 aliphatic carbocycles. The summed E-state index contributed by atoms with van der Waals surface area (Å²) in [6.45, 7) is 6.89. The van der Waals surface area contributed by atoms with Crippen LogP contribution < -0.4 is 10.6 Å². The van der Waals surface area contributed by atoms with Crippen molar-refractivity contribution in [1.82, 2.24) is 10.6 Å². The van der Waals surface area contributed by atoms with E-state index in [1.165, 1.54) is 6.07 Å². The minimum Gasteiger partial charge on any atom is -0.355 e. The number of hydrogen-bond donors (Lipinski definition) is 2. The van der Waals surface area contributed by atoms with Crippen LogP contribution in [0.15, 0.2) is 23.2 Å². The largest absolute Gasteiger partial charge is 0.355 e. The van der Waals surface area contributed by atoms with Crippen molar-refractivity contribution in [2.24, 2.45) is 4.99 Å². The number of hydrogen-bond acceptors (Lipinski definition) is 2. The molecule has 0 amide bonds. The first-order valence-electron chi connectivity index (χ1n) is 6.76. The summed E-state index contributed by atoms with van der Waals surface area (Å²) in [6.07, 6.45) is 2.06. The predicted molar refractivity (Wildman–Crippen MR) is 102 cm³/mol. The lowest BCUT2D eigenvalue weighted by Gasteiger charge is -2.25. The van der Waals surface area contributed by atoms with Crippen molar-refractivity contribution in [2.75, 3.05) is 19.8 Å². The zero-order valence-corrected chi connectivity index (χ0v) is 16.7. The number of guanidine groups is 1. The van der Waals surface area contributed by atoms with Gasteiger partial charge in [0.15, 0.2) is 17.6 Å². The van der Waals surface area contributed by atoms with E-state index in [4.69, 9.17) is 0 Å². The third kappa shape index (κ3) is 6.68. The molecule has 1 rings (SSSR count). The Morgan fingerprint density at radius 2 is 1.95 bits per heavy atom. The Hall–Kier alpha value is -0.570. The van der Waals surface area contributed by atoms with Crippen LogP contribution >= 0.6 is 35.7 Å². The summed E-state index contributed by atoms with van der Waals surface area (Å²) in [7, 11) is 1.68. The lowest BCUT2D eigenvalue weighted by atomic mass is 10.1. The average molecular weight is 443 g/mol. The summed E-state index contributed by atoms with van der Waals surface area (Å²) < 4.78 is 26.3. The van der Waals surface area contributed by atoms with Crippen LogP contribution in [0.5, 0.6) is 0 Å². The Balaban J connectivity index is 0.00000441. The Bertz CT molecular complexity index is 510. The molecule has 1 aromatic rings. The molecule has 0 fully saturated rings. The van der Waals surface area contributed by atoms with Gasteiger partial charge in [0.25, 0.3) is 0 Å². The number of benzene rings is 1. The highest BCUT2D eigenvalue weighted by Crippen LogP contribution is 2.19. The summed E-state index contributed by atoms with van der Waals surface area (Å²) in [5.74, 6) is -1.04. The summed E-state index contributed by atoms with van der Waals surface area (Å²) in [5.41, 5.74) is 0.668. The average Bonchev–Trinajstić information content (AvgIpc) is 2.46. The fraction of sp³-hybridized carbons (Fsp3) is 0.533. The first-order chi connectivity index (χ1) is 9.79. The molecule has 0 saturated carbocycles. The van der Waals surface area contributed by atoms with Crippen molar-refractivity contribution in [3.63, 3.8) is 0 Å². The van der Waals surface area contributed by atoms with Crippen LogP contribution in [0.2, 0.25) is 0 Å². The molecule has 3 nitrogen and oxygen atoms in total. The molecule has 0 saturated heterocycles. The topological polar surface area (TPSA) is 36.4 Å². The fourth-order valence-corrected chi connectivity index (χ4v) is 1.85. The van der Waals surface area contributed by atoms with Gasteiger partial charge in [-0.25, -0.2) is 8.78 Å². The monoisotopic (exact) mass is 443 g/mol. The molecule has 0 bridgehead atoms. The van der Waals surface area contributed by atoms with Crippen LogP contribution in [0.25, 0.3) is 0 Å². The molecule has 0 aromatic heterocycles. The molecule has 0 radical (unpaired) electrons. The van der Waals surface area contributed by atoms with E-state index < -0.39 is 11.6 Å². The molecule has 2 N–H and O–H groups in total. The first-order valence-corrected chi connectivity index (χ1v) is 7.99. The number of nitrogens with zero attached hydrogens (tertiary/aromatic N) is 1. The molecule has 0 heterocycles. The Kier molecular flexibility index (Phi) is 9.30. The van der Waals surface area contributed by atoms with E-state index >= 15 is 0 Å². The van der Waals surface area contributed by atoms with Crippen LogP contribution in [-0.2, 0) is 0 Å². The SMILES string of the molecule is CN=C(NCC(C)(C)SC)NC(C)c1ccc(F)c(F)c1.I. The van der Waals surface area contributed by atoms with Crippen LogP contribution in [-0.4, -0.2) is 30.6 Å². The Morgan fingerprint density at radius 3 is 2.45 bits per heavy atom. The van der Waals surface area contributed by atoms with Gasteiger partial charge >= 0.3 is 0 Å². The fourth-order valence-electron chi connectivity index (χ4n) is 1.63. The van der Waals surface area contributed by atoms with E-state index in [1.54, 1.807) is 24.9 Å². The van der Waals surface area contributed by atoms with Gasteiger partial charge in [-0.2, -0.15) is 11.8 Å². The Morgan fingerprint density at radius 1 is 1.32 bits per heavy atom. The summed E-state index contributed by atoms with van der Waals surface area (Å²) in [6, 6.07) is 3.72. The van der Waals surface area contributed by atoms with Gasteiger partial charge in [0.05, 0.1) is 6.04 Å². The maximum absolute atomic E-state index is 13.3. The van der Waals surface area contributed by atoms with E-state index in [0.29, 0.717) is 11.5 Å². The lowest BCUT2D eigenvalue weighted by molar-refractivity contribution is 0.504. The third-order valence-corrected chi connectivity index (χ3v) is 4.50. The minimum atomic E-state index is -0.840. The number of aliphatic imine (C=N–C) groups is 1.